The number of nitrogens with zero attached hydrogens (tertiary/aromatic N) is 1. The zero-order chi connectivity index (χ0) is 19.1. The summed E-state index contributed by atoms with van der Waals surface area (Å²) < 4.78 is 21.1. The predicted molar refractivity (Wildman–Crippen MR) is 110 cm³/mol. The third kappa shape index (κ3) is 3.35. The Morgan fingerprint density at radius 3 is 2.86 bits per heavy atom. The van der Waals surface area contributed by atoms with Crippen molar-refractivity contribution in [2.45, 2.75) is 31.5 Å². The first-order chi connectivity index (χ1) is 13.7. The highest BCUT2D eigenvalue weighted by atomic mass is 32.1. The molecule has 0 spiro atoms. The van der Waals surface area contributed by atoms with Crippen LogP contribution in [-0.2, 0) is 4.74 Å². The molecule has 0 saturated carbocycles. The molecule has 6 heteroatoms. The number of benzene rings is 1. The number of ether oxygens (including phenoxy) is 1. The number of carbonyl (C=O) groups excluding carboxylic acids is 1. The summed E-state index contributed by atoms with van der Waals surface area (Å²) >= 11 is 1.64. The van der Waals surface area contributed by atoms with Gasteiger partial charge in [0.25, 0.3) is 0 Å². The maximum atomic E-state index is 14.1. The van der Waals surface area contributed by atoms with E-state index in [0.29, 0.717) is 11.6 Å². The highest BCUT2D eigenvalue weighted by molar-refractivity contribution is 7.17. The summed E-state index contributed by atoms with van der Waals surface area (Å²) in [6.45, 7) is 3.03. The molecule has 28 heavy (non-hydrogen) atoms. The van der Waals surface area contributed by atoms with Crippen molar-refractivity contribution in [3.05, 3.63) is 53.1 Å². The number of alkyl carbamates (subject to hydrolysis) is 1. The van der Waals surface area contributed by atoms with Crippen LogP contribution in [0.25, 0.3) is 15.7 Å². The Morgan fingerprint density at radius 2 is 2.07 bits per heavy atom. The number of nitrogens with one attached hydrogen (secondary N) is 1. The molecule has 6 rings (SSSR count). The topological polar surface area (TPSA) is 41.6 Å². The van der Waals surface area contributed by atoms with Crippen molar-refractivity contribution >= 4 is 33.1 Å². The molecule has 1 aromatic carbocycles. The fourth-order valence-electron chi connectivity index (χ4n) is 4.58. The second kappa shape index (κ2) is 7.33. The first-order valence-electron chi connectivity index (χ1n) is 9.89. The summed E-state index contributed by atoms with van der Waals surface area (Å²) in [5, 5.41) is 6.04. The number of hydrogen-bond donors (Lipinski definition) is 1. The Hall–Kier alpha value is -2.18. The summed E-state index contributed by atoms with van der Waals surface area (Å²) in [6.07, 6.45) is 4.09. The van der Waals surface area contributed by atoms with Gasteiger partial charge in [0.05, 0.1) is 0 Å². The number of hydrogen-bond acceptors (Lipinski definition) is 4. The van der Waals surface area contributed by atoms with Crippen molar-refractivity contribution in [2.24, 2.45) is 5.92 Å². The minimum atomic E-state index is -1.04. The maximum Gasteiger partial charge on any atom is 0.411 e. The molecule has 3 saturated heterocycles. The third-order valence-electron chi connectivity index (χ3n) is 6.09. The van der Waals surface area contributed by atoms with E-state index in [1.165, 1.54) is 6.08 Å². The first kappa shape index (κ1) is 17.9. The zero-order valence-corrected chi connectivity index (χ0v) is 16.4. The number of halogens is 1. The van der Waals surface area contributed by atoms with Gasteiger partial charge in [-0.2, -0.15) is 0 Å². The minimum Gasteiger partial charge on any atom is -0.444 e. The monoisotopic (exact) mass is 398 g/mol. The molecule has 2 bridgehead atoms. The molecule has 4 aliphatic rings. The Bertz CT molecular complexity index is 958. The minimum absolute atomic E-state index is 0.0463. The molecule has 4 nitrogen and oxygen atoms in total. The van der Waals surface area contributed by atoms with E-state index in [0.717, 1.165) is 53.7 Å². The summed E-state index contributed by atoms with van der Waals surface area (Å²) in [7, 11) is 0. The molecule has 2 aromatic rings. The van der Waals surface area contributed by atoms with Gasteiger partial charge in [-0.05, 0) is 66.6 Å². The Morgan fingerprint density at radius 1 is 1.25 bits per heavy atom. The van der Waals surface area contributed by atoms with E-state index in [2.05, 4.69) is 16.3 Å². The molecule has 1 N–H and O–H groups in total. The largest absolute Gasteiger partial charge is 0.444 e. The van der Waals surface area contributed by atoms with Crippen LogP contribution in [0.4, 0.5) is 9.18 Å². The van der Waals surface area contributed by atoms with Gasteiger partial charge in [0.2, 0.25) is 0 Å². The fraction of sp³-hybridized carbons (Fsp3) is 0.409. The molecule has 0 radical (unpaired) electrons. The summed E-state index contributed by atoms with van der Waals surface area (Å²) in [5.74, 6) is 0.460. The smallest absolute Gasteiger partial charge is 0.411 e. The molecule has 4 heterocycles. The lowest BCUT2D eigenvalue weighted by atomic mass is 9.86. The molecule has 3 fully saturated rings. The van der Waals surface area contributed by atoms with Crippen molar-refractivity contribution in [1.29, 1.82) is 0 Å². The molecule has 1 aromatic heterocycles. The highest BCUT2D eigenvalue weighted by Gasteiger charge is 2.36. The summed E-state index contributed by atoms with van der Waals surface area (Å²) in [4.78, 5) is 15.0. The number of carbonyl (C=O) groups is 1. The number of fused-ring (bicyclic) bond motifs is 4. The number of rotatable bonds is 3. The lowest BCUT2D eigenvalue weighted by molar-refractivity contribution is -0.0324. The number of piperidine rings is 3. The lowest BCUT2D eigenvalue weighted by Gasteiger charge is -2.43. The van der Waals surface area contributed by atoms with Crippen molar-refractivity contribution in [3.8, 4) is 0 Å². The zero-order valence-electron chi connectivity index (χ0n) is 15.6. The number of thiophene rings is 1. The van der Waals surface area contributed by atoms with Crippen LogP contribution < -0.4 is 5.32 Å². The second-order valence-electron chi connectivity index (χ2n) is 7.82. The van der Waals surface area contributed by atoms with Crippen molar-refractivity contribution in [3.63, 3.8) is 0 Å². The van der Waals surface area contributed by atoms with Crippen LogP contribution in [0, 0.1) is 5.92 Å². The van der Waals surface area contributed by atoms with Crippen molar-refractivity contribution in [2.75, 3.05) is 19.6 Å². The highest BCUT2D eigenvalue weighted by Crippen LogP contribution is 2.37. The van der Waals surface area contributed by atoms with Crippen LogP contribution in [0.3, 0.4) is 0 Å². The van der Waals surface area contributed by atoms with Crippen molar-refractivity contribution in [1.82, 2.24) is 10.2 Å². The first-order valence-corrected chi connectivity index (χ1v) is 10.8. The number of alkyl halides is 1. The van der Waals surface area contributed by atoms with E-state index in [9.17, 15) is 9.18 Å². The van der Waals surface area contributed by atoms with Crippen LogP contribution in [0.5, 0.6) is 0 Å². The average molecular weight is 399 g/mol. The SMILES string of the molecule is O=C(NC1=C(c2csc3ccccc23)CC(F)C=C1)O[C@H]1CN2CCC1CC2. The van der Waals surface area contributed by atoms with E-state index < -0.39 is 12.3 Å². The molecule has 1 unspecified atom stereocenters. The molecular formula is C22H23FN2O2S. The fourth-order valence-corrected chi connectivity index (χ4v) is 5.56. The lowest BCUT2D eigenvalue weighted by Crippen LogP contribution is -2.52. The van der Waals surface area contributed by atoms with Gasteiger partial charge in [-0.25, -0.2) is 9.18 Å². The molecule has 1 amide bonds. The second-order valence-corrected chi connectivity index (χ2v) is 8.74. The summed E-state index contributed by atoms with van der Waals surface area (Å²) in [5.41, 5.74) is 2.47. The van der Waals surface area contributed by atoms with E-state index in [-0.39, 0.29) is 12.5 Å². The molecule has 3 aliphatic heterocycles. The van der Waals surface area contributed by atoms with Gasteiger partial charge in [0.15, 0.2) is 0 Å². The van der Waals surface area contributed by atoms with E-state index in [1.54, 1.807) is 17.4 Å². The molecule has 146 valence electrons. The van der Waals surface area contributed by atoms with Gasteiger partial charge >= 0.3 is 6.09 Å². The van der Waals surface area contributed by atoms with E-state index in [4.69, 9.17) is 4.74 Å². The number of allylic oxidation sites excluding steroid dienone is 3. The Balaban J connectivity index is 1.39. The van der Waals surface area contributed by atoms with Gasteiger partial charge in [-0.1, -0.05) is 18.2 Å². The standard InChI is InChI=1S/C22H23FN2O2S/c23-15-5-6-19(17(11-15)18-13-28-21-4-2-1-3-16(18)21)24-22(26)27-20-12-25-9-7-14(20)8-10-25/h1-6,13-15,20H,7-12H2,(H,24,26)/t15?,20-/m0/s1. The Labute approximate surface area is 167 Å². The van der Waals surface area contributed by atoms with Gasteiger partial charge in [0, 0.05) is 28.7 Å². The van der Waals surface area contributed by atoms with Gasteiger partial charge < -0.3 is 4.74 Å². The predicted octanol–water partition coefficient (Wildman–Crippen LogP) is 4.73. The average Bonchev–Trinajstić information content (AvgIpc) is 3.14. The van der Waals surface area contributed by atoms with Crippen LogP contribution in [0.15, 0.2) is 47.5 Å². The number of amides is 1. The van der Waals surface area contributed by atoms with Crippen LogP contribution in [-0.4, -0.2) is 42.9 Å². The van der Waals surface area contributed by atoms with Gasteiger partial charge in [0.1, 0.15) is 12.3 Å². The van der Waals surface area contributed by atoms with Crippen LogP contribution in [0.1, 0.15) is 24.8 Å². The van der Waals surface area contributed by atoms with Crippen LogP contribution >= 0.6 is 11.3 Å². The third-order valence-corrected chi connectivity index (χ3v) is 7.06. The molecule has 2 atom stereocenters. The maximum absolute atomic E-state index is 14.1. The van der Waals surface area contributed by atoms with E-state index in [1.807, 2.05) is 23.6 Å². The normalized spacial score (nSPS) is 29.3. The van der Waals surface area contributed by atoms with Crippen LogP contribution in [0.2, 0.25) is 0 Å². The van der Waals surface area contributed by atoms with Crippen molar-refractivity contribution < 1.29 is 13.9 Å². The van der Waals surface area contributed by atoms with Gasteiger partial charge in [-0.3, -0.25) is 10.2 Å². The Kier molecular flexibility index (Phi) is 4.69. The van der Waals surface area contributed by atoms with E-state index >= 15 is 0 Å². The molecular weight excluding hydrogens is 375 g/mol. The quantitative estimate of drug-likeness (QED) is 0.813. The molecule has 1 aliphatic carbocycles. The van der Waals surface area contributed by atoms with Gasteiger partial charge in [-0.15, -0.1) is 11.3 Å². The summed E-state index contributed by atoms with van der Waals surface area (Å²) in [6, 6.07) is 8.09.